The highest BCUT2D eigenvalue weighted by molar-refractivity contribution is 6.42. The number of carbonyl (C=O) groups excluding carboxylic acids is 4. The molecule has 3 N–H and O–H groups in total. The summed E-state index contributed by atoms with van der Waals surface area (Å²) in [5.74, 6) is -2.73. The number of carboxylic acid groups (broad SMARTS) is 1. The van der Waals surface area contributed by atoms with Gasteiger partial charge in [0.1, 0.15) is 29.3 Å². The van der Waals surface area contributed by atoms with E-state index >= 15 is 0 Å². The Hall–Kier alpha value is -3.51. The first kappa shape index (κ1) is 33.8. The molecule has 4 amide bonds. The zero-order valence-corrected chi connectivity index (χ0v) is 27.7. The number of rotatable bonds is 3. The highest BCUT2D eigenvalue weighted by Crippen LogP contribution is 2.45. The van der Waals surface area contributed by atoms with Gasteiger partial charge in [-0.3, -0.25) is 14.5 Å². The minimum atomic E-state index is -1.48. The number of alkyl carbamates (subject to hydrolysis) is 1. The molecule has 1 aliphatic carbocycles. The van der Waals surface area contributed by atoms with Crippen LogP contribution in [-0.4, -0.2) is 80.7 Å². The summed E-state index contributed by atoms with van der Waals surface area (Å²) in [6, 6.07) is 1.27. The van der Waals surface area contributed by atoms with Gasteiger partial charge in [-0.05, 0) is 69.7 Å². The second-order valence-electron chi connectivity index (χ2n) is 13.5. The first-order valence-electron chi connectivity index (χ1n) is 15.6. The summed E-state index contributed by atoms with van der Waals surface area (Å²) in [6.07, 6.45) is 4.91. The third-order valence-electron chi connectivity index (χ3n) is 8.80. The normalized spacial score (nSPS) is 28.9. The summed E-state index contributed by atoms with van der Waals surface area (Å²) in [6.45, 7) is 5.53. The topological polar surface area (TPSA) is 155 Å². The quantitative estimate of drug-likeness (QED) is 0.386. The Morgan fingerprint density at radius 3 is 2.37 bits per heavy atom. The Labute approximate surface area is 277 Å². The van der Waals surface area contributed by atoms with Gasteiger partial charge in [-0.15, -0.1) is 0 Å². The number of carboxylic acids is 1. The highest BCUT2D eigenvalue weighted by Gasteiger charge is 2.61. The molecule has 0 unspecified atom stereocenters. The molecule has 46 heavy (non-hydrogen) atoms. The fraction of sp³-hybridized carbons (Fsp3) is 0.594. The number of hydrogen-bond acceptors (Lipinski definition) is 7. The van der Waals surface area contributed by atoms with E-state index in [0.29, 0.717) is 22.9 Å². The van der Waals surface area contributed by atoms with Crippen molar-refractivity contribution in [1.29, 1.82) is 0 Å². The summed E-state index contributed by atoms with van der Waals surface area (Å²) in [5, 5.41) is 16.2. The van der Waals surface area contributed by atoms with Crippen molar-refractivity contribution in [2.24, 2.45) is 5.92 Å². The van der Waals surface area contributed by atoms with Crippen LogP contribution >= 0.6 is 23.2 Å². The van der Waals surface area contributed by atoms with Crippen molar-refractivity contribution in [3.8, 4) is 0 Å². The molecule has 12 nitrogen and oxygen atoms in total. The van der Waals surface area contributed by atoms with Crippen LogP contribution in [0.3, 0.4) is 0 Å². The first-order chi connectivity index (χ1) is 21.7. The van der Waals surface area contributed by atoms with Crippen molar-refractivity contribution in [3.63, 3.8) is 0 Å². The van der Waals surface area contributed by atoms with Crippen LogP contribution in [0, 0.1) is 5.92 Å². The molecule has 250 valence electrons. The van der Waals surface area contributed by atoms with Crippen LogP contribution in [0.25, 0.3) is 0 Å². The monoisotopic (exact) mass is 678 g/mol. The maximum Gasteiger partial charge on any atom is 0.410 e. The number of fused-ring (bicyclic) bond motifs is 3. The van der Waals surface area contributed by atoms with Crippen LogP contribution in [0.4, 0.5) is 9.59 Å². The van der Waals surface area contributed by atoms with Crippen molar-refractivity contribution in [3.05, 3.63) is 45.5 Å². The largest absolute Gasteiger partial charge is 0.479 e. The number of ether oxygens (including phenoxy) is 2. The van der Waals surface area contributed by atoms with Gasteiger partial charge in [0.2, 0.25) is 11.8 Å². The average Bonchev–Trinajstić information content (AvgIpc) is 3.27. The lowest BCUT2D eigenvalue weighted by molar-refractivity contribution is -0.145. The Bertz CT molecular complexity index is 1410. The number of hydrogen-bond donors (Lipinski definition) is 3. The molecule has 1 aromatic rings. The fourth-order valence-corrected chi connectivity index (χ4v) is 6.71. The van der Waals surface area contributed by atoms with Gasteiger partial charge in [-0.25, -0.2) is 14.4 Å². The minimum Gasteiger partial charge on any atom is -0.479 e. The van der Waals surface area contributed by atoms with Crippen molar-refractivity contribution in [2.45, 2.75) is 108 Å². The number of halogens is 2. The molecule has 5 rings (SSSR count). The molecule has 4 aliphatic rings. The number of nitrogens with zero attached hydrogens (tertiary/aromatic N) is 2. The van der Waals surface area contributed by atoms with Crippen LogP contribution in [0.1, 0.15) is 76.8 Å². The van der Waals surface area contributed by atoms with Crippen LogP contribution in [-0.2, 0) is 36.9 Å². The van der Waals surface area contributed by atoms with Gasteiger partial charge >= 0.3 is 18.2 Å². The number of allylic oxidation sites excluding steroid dienone is 1. The Morgan fingerprint density at radius 2 is 1.74 bits per heavy atom. The van der Waals surface area contributed by atoms with Gasteiger partial charge in [0.05, 0.1) is 16.6 Å². The van der Waals surface area contributed by atoms with Crippen LogP contribution in [0.5, 0.6) is 0 Å². The molecule has 3 aliphatic heterocycles. The molecule has 5 atom stereocenters. The van der Waals surface area contributed by atoms with E-state index in [9.17, 15) is 29.1 Å². The third kappa shape index (κ3) is 7.54. The van der Waals surface area contributed by atoms with Gasteiger partial charge in [-0.2, -0.15) is 0 Å². The Balaban J connectivity index is 1.37. The number of amides is 4. The van der Waals surface area contributed by atoms with E-state index in [1.54, 1.807) is 32.9 Å². The summed E-state index contributed by atoms with van der Waals surface area (Å²) in [5.41, 5.74) is -0.604. The fourth-order valence-electron chi connectivity index (χ4n) is 6.33. The Morgan fingerprint density at radius 1 is 1.07 bits per heavy atom. The van der Waals surface area contributed by atoms with Crippen molar-refractivity contribution < 1.29 is 38.6 Å². The van der Waals surface area contributed by atoms with Gasteiger partial charge in [0, 0.05) is 25.4 Å². The summed E-state index contributed by atoms with van der Waals surface area (Å²) < 4.78 is 11.2. The minimum absolute atomic E-state index is 0.0445. The molecular weight excluding hydrogens is 639 g/mol. The highest BCUT2D eigenvalue weighted by atomic mass is 35.5. The van der Waals surface area contributed by atoms with E-state index in [4.69, 9.17) is 32.7 Å². The number of carbonyl (C=O) groups is 5. The maximum atomic E-state index is 14.1. The lowest BCUT2D eigenvalue weighted by Crippen LogP contribution is -2.56. The molecular formula is C32H40Cl2N4O8. The van der Waals surface area contributed by atoms with E-state index in [1.165, 1.54) is 9.80 Å². The lowest BCUT2D eigenvalue weighted by Gasteiger charge is -2.30. The van der Waals surface area contributed by atoms with Crippen LogP contribution in [0.15, 0.2) is 24.3 Å². The number of benzene rings is 1. The van der Waals surface area contributed by atoms with E-state index < -0.39 is 59.3 Å². The standard InChI is InChI=1S/C32H40Cl2N4O8/c1-31(2,3)46-29(43)35-24-10-8-6-4-5-7-9-20-14-32(20,28(41)42)36-26(39)25-13-21(17-38(25)27(24)40)45-30(44)37-15-18-11-22(33)23(34)12-19(18)16-37/h7,9,11-12,20-21,24-25H,4-6,8,10,13-17H2,1-3H3,(H,35,43)(H,36,39)(H,41,42)/b9-7-/t20-,21+,24-,25-,32+/m0/s1. The number of nitrogens with one attached hydrogen (secondary N) is 2. The van der Waals surface area contributed by atoms with Gasteiger partial charge in [0.25, 0.3) is 0 Å². The summed E-state index contributed by atoms with van der Waals surface area (Å²) >= 11 is 12.3. The lowest BCUT2D eigenvalue weighted by atomic mass is 10.0. The molecule has 2 fully saturated rings. The van der Waals surface area contributed by atoms with Crippen molar-refractivity contribution in [1.82, 2.24) is 20.4 Å². The predicted octanol–water partition coefficient (Wildman–Crippen LogP) is 4.79. The SMILES string of the molecule is CC(C)(C)OC(=O)N[C@H]1CCCCC/C=C\[C@H]2C[C@@]2(C(=O)O)NC(=O)[C@@H]2C[C@@H](OC(=O)N3Cc4cc(Cl)c(Cl)cc4C3)CN2C1=O. The molecule has 1 saturated carbocycles. The zero-order chi connectivity index (χ0) is 33.4. The molecule has 1 aromatic carbocycles. The summed E-state index contributed by atoms with van der Waals surface area (Å²) in [7, 11) is 0. The predicted molar refractivity (Wildman–Crippen MR) is 168 cm³/mol. The van der Waals surface area contributed by atoms with Gasteiger partial charge in [0.15, 0.2) is 0 Å². The van der Waals surface area contributed by atoms with Crippen LogP contribution in [0.2, 0.25) is 10.0 Å². The second kappa shape index (κ2) is 13.3. The van der Waals surface area contributed by atoms with E-state index in [1.807, 2.05) is 12.2 Å². The van der Waals surface area contributed by atoms with E-state index in [0.717, 1.165) is 30.4 Å². The van der Waals surface area contributed by atoms with Gasteiger partial charge < -0.3 is 30.1 Å². The second-order valence-corrected chi connectivity index (χ2v) is 14.3. The summed E-state index contributed by atoms with van der Waals surface area (Å²) in [4.78, 5) is 69.0. The smallest absolute Gasteiger partial charge is 0.410 e. The molecule has 0 spiro atoms. The van der Waals surface area contributed by atoms with E-state index in [-0.39, 0.29) is 38.4 Å². The first-order valence-corrected chi connectivity index (χ1v) is 16.4. The van der Waals surface area contributed by atoms with Crippen LogP contribution < -0.4 is 10.6 Å². The van der Waals surface area contributed by atoms with Crippen molar-refractivity contribution in [2.75, 3.05) is 6.54 Å². The van der Waals surface area contributed by atoms with Gasteiger partial charge in [-0.1, -0.05) is 48.2 Å². The van der Waals surface area contributed by atoms with E-state index in [2.05, 4.69) is 10.6 Å². The molecule has 14 heteroatoms. The average molecular weight is 680 g/mol. The Kier molecular flexibility index (Phi) is 9.79. The molecule has 3 heterocycles. The third-order valence-corrected chi connectivity index (χ3v) is 9.52. The zero-order valence-electron chi connectivity index (χ0n) is 26.1. The molecule has 0 radical (unpaired) electrons. The van der Waals surface area contributed by atoms with Crippen molar-refractivity contribution >= 4 is 53.2 Å². The molecule has 1 saturated heterocycles. The maximum absolute atomic E-state index is 14.1. The number of aliphatic carboxylic acids is 1. The molecule has 0 bridgehead atoms. The molecule has 0 aromatic heterocycles.